The van der Waals surface area contributed by atoms with E-state index in [4.69, 9.17) is 11.5 Å². The summed E-state index contributed by atoms with van der Waals surface area (Å²) in [7, 11) is -3.27. The molecule has 1 aromatic carbocycles. The Hall–Kier alpha value is -2.09. The Morgan fingerprint density at radius 3 is 2.50 bits per heavy atom. The summed E-state index contributed by atoms with van der Waals surface area (Å²) < 4.78 is 22.9. The Kier molecular flexibility index (Phi) is 5.09. The Morgan fingerprint density at radius 1 is 1.30 bits per heavy atom. The number of hydrogen-bond acceptors (Lipinski definition) is 3. The second-order valence-corrected chi connectivity index (χ2v) is 6.52. The number of nitrogens with zero attached hydrogens (tertiary/aromatic N) is 2. The molecular formula is C12H19N5O2S. The molecule has 7 nitrogen and oxygen atoms in total. The van der Waals surface area contributed by atoms with Crippen molar-refractivity contribution in [3.8, 4) is 0 Å². The van der Waals surface area contributed by atoms with Crippen LogP contribution in [0, 0.1) is 0 Å². The topological polar surface area (TPSA) is 123 Å². The molecule has 0 spiro atoms. The normalized spacial score (nSPS) is 13.6. The molecule has 8 heteroatoms. The zero-order valence-corrected chi connectivity index (χ0v) is 12.5. The van der Waals surface area contributed by atoms with Crippen LogP contribution in [0.5, 0.6) is 0 Å². The molecule has 0 aliphatic heterocycles. The van der Waals surface area contributed by atoms with E-state index in [2.05, 4.69) is 15.3 Å². The summed E-state index contributed by atoms with van der Waals surface area (Å²) in [5.41, 5.74) is 11.8. The summed E-state index contributed by atoms with van der Waals surface area (Å²) >= 11 is 0. The zero-order chi connectivity index (χ0) is 15.3. The van der Waals surface area contributed by atoms with Gasteiger partial charge in [0.05, 0.1) is 4.90 Å². The molecular weight excluding hydrogens is 278 g/mol. The fourth-order valence-electron chi connectivity index (χ4n) is 1.40. The molecule has 0 amide bonds. The van der Waals surface area contributed by atoms with E-state index in [0.29, 0.717) is 5.69 Å². The highest BCUT2D eigenvalue weighted by molar-refractivity contribution is 7.90. The van der Waals surface area contributed by atoms with Gasteiger partial charge >= 0.3 is 0 Å². The molecule has 0 atom stereocenters. The Labute approximate surface area is 118 Å². The highest BCUT2D eigenvalue weighted by Gasteiger charge is 2.07. The predicted molar refractivity (Wildman–Crippen MR) is 81.6 cm³/mol. The first-order chi connectivity index (χ1) is 9.18. The summed E-state index contributed by atoms with van der Waals surface area (Å²) in [6.45, 7) is 3.73. The van der Waals surface area contributed by atoms with Gasteiger partial charge in [0.15, 0.2) is 9.84 Å². The maximum absolute atomic E-state index is 11.4. The van der Waals surface area contributed by atoms with Crippen molar-refractivity contribution in [3.63, 3.8) is 0 Å². The van der Waals surface area contributed by atoms with E-state index >= 15 is 0 Å². The quantitative estimate of drug-likeness (QED) is 0.555. The van der Waals surface area contributed by atoms with Gasteiger partial charge in [0.1, 0.15) is 0 Å². The summed E-state index contributed by atoms with van der Waals surface area (Å²) in [4.78, 5) is 8.07. The van der Waals surface area contributed by atoms with Gasteiger partial charge in [-0.3, -0.25) is 0 Å². The average molecular weight is 297 g/mol. The number of aliphatic imine (C=N–C) groups is 2. The largest absolute Gasteiger partial charge is 0.369 e. The van der Waals surface area contributed by atoms with Crippen molar-refractivity contribution in [2.24, 2.45) is 21.5 Å². The van der Waals surface area contributed by atoms with Gasteiger partial charge in [-0.2, -0.15) is 4.99 Å². The molecule has 0 aliphatic carbocycles. The van der Waals surface area contributed by atoms with Crippen LogP contribution in [0.4, 0.5) is 5.69 Å². The first kappa shape index (κ1) is 16.0. The van der Waals surface area contributed by atoms with Gasteiger partial charge in [-0.05, 0) is 32.0 Å². The molecule has 0 aliphatic rings. The molecule has 0 saturated carbocycles. The first-order valence-corrected chi connectivity index (χ1v) is 7.82. The van der Waals surface area contributed by atoms with Crippen molar-refractivity contribution < 1.29 is 8.42 Å². The van der Waals surface area contributed by atoms with Crippen LogP contribution in [0.25, 0.3) is 0 Å². The fourth-order valence-corrected chi connectivity index (χ4v) is 2.06. The van der Waals surface area contributed by atoms with Crippen LogP contribution in [0.1, 0.15) is 13.8 Å². The number of rotatable bonds is 3. The number of anilines is 1. The Morgan fingerprint density at radius 2 is 1.95 bits per heavy atom. The lowest BCUT2D eigenvalue weighted by molar-refractivity contribution is 0.602. The van der Waals surface area contributed by atoms with E-state index in [1.807, 2.05) is 13.8 Å². The van der Waals surface area contributed by atoms with Gasteiger partial charge in [0.25, 0.3) is 0 Å². The van der Waals surface area contributed by atoms with Crippen molar-refractivity contribution in [2.45, 2.75) is 24.8 Å². The molecule has 0 saturated heterocycles. The van der Waals surface area contributed by atoms with Crippen LogP contribution >= 0.6 is 0 Å². The molecule has 20 heavy (non-hydrogen) atoms. The number of guanidine groups is 2. The van der Waals surface area contributed by atoms with Crippen molar-refractivity contribution in [1.29, 1.82) is 0 Å². The Bertz CT molecular complexity index is 635. The van der Waals surface area contributed by atoms with Crippen LogP contribution in [0.15, 0.2) is 39.1 Å². The van der Waals surface area contributed by atoms with Crippen LogP contribution in [0.3, 0.4) is 0 Å². The molecule has 0 bridgehead atoms. The van der Waals surface area contributed by atoms with Crippen molar-refractivity contribution in [1.82, 2.24) is 0 Å². The molecule has 0 fully saturated rings. The van der Waals surface area contributed by atoms with E-state index in [1.54, 1.807) is 12.1 Å². The summed E-state index contributed by atoms with van der Waals surface area (Å²) in [6.07, 6.45) is 1.14. The molecule has 1 rings (SSSR count). The van der Waals surface area contributed by atoms with Crippen LogP contribution < -0.4 is 16.8 Å². The second kappa shape index (κ2) is 6.38. The third-order valence-corrected chi connectivity index (χ3v) is 3.27. The SMILES string of the molecule is CC(C)N=C(N)/N=C(\N)Nc1cccc(S(C)(=O)=O)c1. The molecule has 1 aromatic rings. The summed E-state index contributed by atoms with van der Waals surface area (Å²) in [6, 6.07) is 6.26. The number of hydrogen-bond donors (Lipinski definition) is 3. The lowest BCUT2D eigenvalue weighted by Crippen LogP contribution is -2.26. The van der Waals surface area contributed by atoms with E-state index in [9.17, 15) is 8.42 Å². The van der Waals surface area contributed by atoms with Crippen LogP contribution in [-0.4, -0.2) is 32.6 Å². The van der Waals surface area contributed by atoms with Crippen LogP contribution in [-0.2, 0) is 9.84 Å². The summed E-state index contributed by atoms with van der Waals surface area (Å²) in [5.74, 6) is 0.0989. The average Bonchev–Trinajstić information content (AvgIpc) is 2.26. The molecule has 110 valence electrons. The standard InChI is InChI=1S/C12H19N5O2S/c1-8(2)15-11(13)17-12(14)16-9-5-4-6-10(7-9)20(3,18)19/h4-8H,1-3H3,(H5,13,14,15,16,17). The lowest BCUT2D eigenvalue weighted by Gasteiger charge is -2.07. The van der Waals surface area contributed by atoms with E-state index in [0.717, 1.165) is 6.26 Å². The number of nitrogens with one attached hydrogen (secondary N) is 1. The van der Waals surface area contributed by atoms with Crippen molar-refractivity contribution >= 4 is 27.4 Å². The highest BCUT2D eigenvalue weighted by Crippen LogP contribution is 2.14. The second-order valence-electron chi connectivity index (χ2n) is 4.50. The number of sulfone groups is 1. The maximum Gasteiger partial charge on any atom is 0.218 e. The Balaban J connectivity index is 2.92. The number of benzene rings is 1. The third-order valence-electron chi connectivity index (χ3n) is 2.16. The van der Waals surface area contributed by atoms with Crippen LogP contribution in [0.2, 0.25) is 0 Å². The molecule has 0 heterocycles. The molecule has 0 unspecified atom stereocenters. The van der Waals surface area contributed by atoms with E-state index in [-0.39, 0.29) is 22.9 Å². The fraction of sp³-hybridized carbons (Fsp3) is 0.333. The van der Waals surface area contributed by atoms with Gasteiger partial charge < -0.3 is 16.8 Å². The van der Waals surface area contributed by atoms with Gasteiger partial charge in [-0.25, -0.2) is 13.4 Å². The minimum Gasteiger partial charge on any atom is -0.369 e. The van der Waals surface area contributed by atoms with Gasteiger partial charge in [-0.1, -0.05) is 6.07 Å². The minimum atomic E-state index is -3.27. The van der Waals surface area contributed by atoms with Gasteiger partial charge in [-0.15, -0.1) is 0 Å². The van der Waals surface area contributed by atoms with E-state index in [1.165, 1.54) is 12.1 Å². The molecule has 0 radical (unpaired) electrons. The monoisotopic (exact) mass is 297 g/mol. The van der Waals surface area contributed by atoms with Crippen molar-refractivity contribution in [3.05, 3.63) is 24.3 Å². The zero-order valence-electron chi connectivity index (χ0n) is 11.7. The lowest BCUT2D eigenvalue weighted by atomic mass is 10.3. The minimum absolute atomic E-state index is 0.0140. The maximum atomic E-state index is 11.4. The highest BCUT2D eigenvalue weighted by atomic mass is 32.2. The smallest absolute Gasteiger partial charge is 0.218 e. The summed E-state index contributed by atoms with van der Waals surface area (Å²) in [5, 5.41) is 2.76. The van der Waals surface area contributed by atoms with Gasteiger partial charge in [0, 0.05) is 18.0 Å². The van der Waals surface area contributed by atoms with Crippen molar-refractivity contribution in [2.75, 3.05) is 11.6 Å². The number of nitrogens with two attached hydrogens (primary N) is 2. The molecule has 0 aromatic heterocycles. The van der Waals surface area contributed by atoms with Gasteiger partial charge in [0.2, 0.25) is 11.9 Å². The first-order valence-electron chi connectivity index (χ1n) is 5.93. The molecule has 5 N–H and O–H groups in total. The van der Waals surface area contributed by atoms with E-state index < -0.39 is 9.84 Å². The third kappa shape index (κ3) is 5.27. The predicted octanol–water partition coefficient (Wildman–Crippen LogP) is 0.540.